The Hall–Kier alpha value is -1.96. The van der Waals surface area contributed by atoms with Gasteiger partial charge in [-0.05, 0) is 13.3 Å². The maximum Gasteiger partial charge on any atom is 0.355 e. The molecular weight excluding hydrogens is 254 g/mol. The molecule has 0 fully saturated rings. The van der Waals surface area contributed by atoms with Crippen LogP contribution >= 0.6 is 11.3 Å². The summed E-state index contributed by atoms with van der Waals surface area (Å²) in [5, 5.41) is 19.2. The van der Waals surface area contributed by atoms with Crippen LogP contribution in [0.15, 0.2) is 6.33 Å². The van der Waals surface area contributed by atoms with Crippen LogP contribution < -0.4 is 5.32 Å². The van der Waals surface area contributed by atoms with Crippen molar-refractivity contribution < 1.29 is 9.90 Å². The second-order valence-electron chi connectivity index (χ2n) is 3.69. The maximum atomic E-state index is 10.8. The Kier molecular flexibility index (Phi) is 3.88. The van der Waals surface area contributed by atoms with E-state index in [1.165, 1.54) is 17.7 Å². The second-order valence-corrected chi connectivity index (χ2v) is 4.89. The number of hydrogen-bond donors (Lipinski definition) is 3. The third kappa shape index (κ3) is 3.04. The van der Waals surface area contributed by atoms with E-state index in [1.54, 1.807) is 6.92 Å². The minimum atomic E-state index is -0.988. The highest BCUT2D eigenvalue weighted by Gasteiger charge is 2.13. The van der Waals surface area contributed by atoms with Crippen molar-refractivity contribution in [2.45, 2.75) is 19.8 Å². The van der Waals surface area contributed by atoms with Crippen LogP contribution in [0.5, 0.6) is 0 Å². The molecule has 3 N–H and O–H groups in total. The number of aromatic carboxylic acids is 1. The number of nitrogens with zero attached hydrogens (tertiary/aromatic N) is 3. The third-order valence-corrected chi connectivity index (χ3v) is 3.26. The molecule has 0 amide bonds. The first-order valence-corrected chi connectivity index (χ1v) is 6.27. The van der Waals surface area contributed by atoms with Gasteiger partial charge in [0.2, 0.25) is 0 Å². The number of carboxylic acids is 1. The van der Waals surface area contributed by atoms with E-state index >= 15 is 0 Å². The molecule has 7 nitrogen and oxygen atoms in total. The topological polar surface area (TPSA) is 104 Å². The van der Waals surface area contributed by atoms with Crippen molar-refractivity contribution in [1.29, 1.82) is 0 Å². The molecule has 2 heterocycles. The average molecular weight is 267 g/mol. The van der Waals surface area contributed by atoms with E-state index < -0.39 is 5.97 Å². The van der Waals surface area contributed by atoms with Gasteiger partial charge >= 0.3 is 5.97 Å². The number of aromatic nitrogens is 4. The number of hydrogen-bond acceptors (Lipinski definition) is 6. The lowest BCUT2D eigenvalue weighted by Crippen LogP contribution is -2.04. The zero-order chi connectivity index (χ0) is 13.0. The van der Waals surface area contributed by atoms with E-state index in [9.17, 15) is 4.79 Å². The fourth-order valence-electron chi connectivity index (χ4n) is 1.47. The zero-order valence-corrected chi connectivity index (χ0v) is 10.6. The van der Waals surface area contributed by atoms with E-state index in [-0.39, 0.29) is 5.69 Å². The molecule has 0 radical (unpaired) electrons. The van der Waals surface area contributed by atoms with Crippen LogP contribution in [0, 0.1) is 6.92 Å². The van der Waals surface area contributed by atoms with E-state index in [2.05, 4.69) is 25.5 Å². The first-order chi connectivity index (χ1) is 8.66. The fraction of sp³-hybridized carbons (Fsp3) is 0.400. The molecule has 0 aromatic carbocycles. The van der Waals surface area contributed by atoms with Crippen molar-refractivity contribution in [3.8, 4) is 0 Å². The molecule has 0 aliphatic heterocycles. The second kappa shape index (κ2) is 5.58. The molecule has 0 aliphatic rings. The van der Waals surface area contributed by atoms with Gasteiger partial charge in [0.05, 0.1) is 0 Å². The van der Waals surface area contributed by atoms with Gasteiger partial charge in [0.25, 0.3) is 0 Å². The summed E-state index contributed by atoms with van der Waals surface area (Å²) in [4.78, 5) is 19.6. The Balaban J connectivity index is 1.80. The van der Waals surface area contributed by atoms with Gasteiger partial charge < -0.3 is 10.4 Å². The van der Waals surface area contributed by atoms with Crippen LogP contribution in [0.25, 0.3) is 0 Å². The van der Waals surface area contributed by atoms with E-state index in [4.69, 9.17) is 5.11 Å². The predicted octanol–water partition coefficient (Wildman–Crippen LogP) is 1.31. The monoisotopic (exact) mass is 267 g/mol. The highest BCUT2D eigenvalue weighted by atomic mass is 32.1. The Morgan fingerprint density at radius 2 is 2.44 bits per heavy atom. The molecule has 2 aromatic rings. The molecule has 0 saturated heterocycles. The summed E-state index contributed by atoms with van der Waals surface area (Å²) in [5.74, 6) is -0.142. The van der Waals surface area contributed by atoms with Crippen LogP contribution in [-0.2, 0) is 6.42 Å². The zero-order valence-electron chi connectivity index (χ0n) is 9.80. The molecule has 2 rings (SSSR count). The fourth-order valence-corrected chi connectivity index (χ4v) is 2.30. The molecule has 0 spiro atoms. The standard InChI is InChI=1S/C10H13N5O2S/c1-6-8(9(16)17)14-10(18-6)11-4-2-3-7-12-5-13-15-7/h5H,2-4H2,1H3,(H,11,14)(H,16,17)(H,12,13,15). The van der Waals surface area contributed by atoms with Gasteiger partial charge in [-0.3, -0.25) is 5.10 Å². The van der Waals surface area contributed by atoms with Crippen molar-refractivity contribution in [3.63, 3.8) is 0 Å². The highest BCUT2D eigenvalue weighted by molar-refractivity contribution is 7.15. The maximum absolute atomic E-state index is 10.8. The molecule has 2 aromatic heterocycles. The number of aryl methyl sites for hydroxylation is 2. The number of rotatable bonds is 6. The van der Waals surface area contributed by atoms with Crippen LogP contribution in [0.4, 0.5) is 5.13 Å². The molecule has 0 atom stereocenters. The lowest BCUT2D eigenvalue weighted by atomic mass is 10.3. The summed E-state index contributed by atoms with van der Waals surface area (Å²) in [6, 6.07) is 0. The van der Waals surface area contributed by atoms with Crippen molar-refractivity contribution in [2.75, 3.05) is 11.9 Å². The van der Waals surface area contributed by atoms with Gasteiger partial charge in [-0.15, -0.1) is 11.3 Å². The van der Waals surface area contributed by atoms with Crippen LogP contribution in [-0.4, -0.2) is 37.8 Å². The summed E-state index contributed by atoms with van der Waals surface area (Å²) in [5.41, 5.74) is 0.123. The number of H-pyrrole nitrogens is 1. The number of aromatic amines is 1. The molecule has 8 heteroatoms. The van der Waals surface area contributed by atoms with Crippen LogP contribution in [0.2, 0.25) is 0 Å². The van der Waals surface area contributed by atoms with Gasteiger partial charge in [-0.25, -0.2) is 14.8 Å². The van der Waals surface area contributed by atoms with Crippen LogP contribution in [0.1, 0.15) is 27.6 Å². The van der Waals surface area contributed by atoms with Gasteiger partial charge in [0.15, 0.2) is 10.8 Å². The third-order valence-electron chi connectivity index (χ3n) is 2.33. The summed E-state index contributed by atoms with van der Waals surface area (Å²) in [7, 11) is 0. The Morgan fingerprint density at radius 1 is 1.61 bits per heavy atom. The molecule has 0 aliphatic carbocycles. The first-order valence-electron chi connectivity index (χ1n) is 5.45. The van der Waals surface area contributed by atoms with E-state index in [1.807, 2.05) is 0 Å². The van der Waals surface area contributed by atoms with Crippen molar-refractivity contribution in [1.82, 2.24) is 20.2 Å². The number of carboxylic acid groups (broad SMARTS) is 1. The number of thiazole rings is 1. The quantitative estimate of drug-likeness (QED) is 0.682. The molecule has 0 saturated carbocycles. The average Bonchev–Trinajstić information content (AvgIpc) is 2.94. The molecule has 0 unspecified atom stereocenters. The Morgan fingerprint density at radius 3 is 3.06 bits per heavy atom. The smallest absolute Gasteiger partial charge is 0.355 e. The van der Waals surface area contributed by atoms with Crippen LogP contribution in [0.3, 0.4) is 0 Å². The van der Waals surface area contributed by atoms with Crippen molar-refractivity contribution in [3.05, 3.63) is 22.7 Å². The molecular formula is C10H13N5O2S. The Labute approximate surface area is 107 Å². The minimum absolute atomic E-state index is 0.123. The van der Waals surface area contributed by atoms with Gasteiger partial charge in [-0.2, -0.15) is 5.10 Å². The summed E-state index contributed by atoms with van der Waals surface area (Å²) in [6.07, 6.45) is 3.14. The van der Waals surface area contributed by atoms with Crippen molar-refractivity contribution >= 4 is 22.4 Å². The predicted molar refractivity (Wildman–Crippen MR) is 67.0 cm³/mol. The van der Waals surface area contributed by atoms with Crippen molar-refractivity contribution in [2.24, 2.45) is 0 Å². The summed E-state index contributed by atoms with van der Waals surface area (Å²) >= 11 is 1.35. The van der Waals surface area contributed by atoms with E-state index in [0.29, 0.717) is 16.6 Å². The number of anilines is 1. The summed E-state index contributed by atoms with van der Waals surface area (Å²) in [6.45, 7) is 2.47. The number of carbonyl (C=O) groups is 1. The number of nitrogens with one attached hydrogen (secondary N) is 2. The molecule has 0 bridgehead atoms. The minimum Gasteiger partial charge on any atom is -0.476 e. The van der Waals surface area contributed by atoms with Gasteiger partial charge in [-0.1, -0.05) is 0 Å². The SMILES string of the molecule is Cc1sc(NCCCc2ncn[nH]2)nc1C(=O)O. The summed E-state index contributed by atoms with van der Waals surface area (Å²) < 4.78 is 0. The highest BCUT2D eigenvalue weighted by Crippen LogP contribution is 2.21. The largest absolute Gasteiger partial charge is 0.476 e. The first kappa shape index (κ1) is 12.5. The lowest BCUT2D eigenvalue weighted by molar-refractivity contribution is 0.0690. The van der Waals surface area contributed by atoms with Gasteiger partial charge in [0.1, 0.15) is 12.2 Å². The Bertz CT molecular complexity index is 522. The van der Waals surface area contributed by atoms with E-state index in [0.717, 1.165) is 18.7 Å². The normalized spacial score (nSPS) is 10.5. The van der Waals surface area contributed by atoms with Gasteiger partial charge in [0, 0.05) is 17.8 Å². The molecule has 96 valence electrons. The molecule has 18 heavy (non-hydrogen) atoms. The lowest BCUT2D eigenvalue weighted by Gasteiger charge is -2.00.